The van der Waals surface area contributed by atoms with Crippen LogP contribution in [0.1, 0.15) is 35.4 Å². The van der Waals surface area contributed by atoms with Crippen molar-refractivity contribution < 1.29 is 9.18 Å². The lowest BCUT2D eigenvalue weighted by atomic mass is 10.2. The Kier molecular flexibility index (Phi) is 3.82. The summed E-state index contributed by atoms with van der Waals surface area (Å²) in [6.45, 7) is 0.857. The zero-order chi connectivity index (χ0) is 13.9. The van der Waals surface area contributed by atoms with E-state index in [1.165, 1.54) is 30.3 Å². The highest BCUT2D eigenvalue weighted by Crippen LogP contribution is 2.32. The monoisotopic (exact) mass is 291 g/mol. The van der Waals surface area contributed by atoms with Gasteiger partial charge in [0.25, 0.3) is 0 Å². The van der Waals surface area contributed by atoms with Crippen molar-refractivity contribution in [1.82, 2.24) is 14.8 Å². The first kappa shape index (κ1) is 13.3. The Morgan fingerprint density at radius 2 is 2.15 bits per heavy atom. The largest absolute Gasteiger partial charge is 0.306 e. The Bertz CT molecular complexity index is 641. The summed E-state index contributed by atoms with van der Waals surface area (Å²) in [5.41, 5.74) is 0.348. The van der Waals surface area contributed by atoms with E-state index in [0.717, 1.165) is 31.6 Å². The van der Waals surface area contributed by atoms with E-state index < -0.39 is 5.82 Å². The number of aryl methyl sites for hydroxylation is 1. The van der Waals surface area contributed by atoms with Gasteiger partial charge in [-0.1, -0.05) is 18.6 Å². The van der Waals surface area contributed by atoms with Crippen LogP contribution >= 0.6 is 11.8 Å². The van der Waals surface area contributed by atoms with Crippen molar-refractivity contribution in [2.45, 2.75) is 42.3 Å². The molecule has 1 aliphatic rings. The number of halogens is 1. The molecule has 2 heterocycles. The lowest BCUT2D eigenvalue weighted by Gasteiger charge is -2.08. The number of fused-ring (bicyclic) bond motifs is 1. The van der Waals surface area contributed by atoms with Crippen LogP contribution in [0.3, 0.4) is 0 Å². The number of rotatable bonds is 3. The highest BCUT2D eigenvalue weighted by Gasteiger charge is 2.18. The maximum Gasteiger partial charge on any atom is 0.196 e. The molecule has 1 aliphatic heterocycles. The van der Waals surface area contributed by atoms with Crippen LogP contribution in [-0.4, -0.2) is 21.1 Å². The van der Waals surface area contributed by atoms with Gasteiger partial charge in [0.15, 0.2) is 11.4 Å². The fourth-order valence-corrected chi connectivity index (χ4v) is 3.32. The Morgan fingerprint density at radius 3 is 3.00 bits per heavy atom. The van der Waals surface area contributed by atoms with Crippen molar-refractivity contribution in [3.05, 3.63) is 35.4 Å². The third-order valence-electron chi connectivity index (χ3n) is 3.39. The maximum absolute atomic E-state index is 13.9. The summed E-state index contributed by atoms with van der Waals surface area (Å²) in [4.78, 5) is 11.4. The van der Waals surface area contributed by atoms with Crippen LogP contribution in [-0.2, 0) is 13.0 Å². The Hall–Kier alpha value is -1.69. The van der Waals surface area contributed by atoms with Gasteiger partial charge in [-0.3, -0.25) is 4.79 Å². The molecule has 2 aromatic rings. The average Bonchev–Trinajstić information content (AvgIpc) is 2.69. The summed E-state index contributed by atoms with van der Waals surface area (Å²) in [5, 5.41) is 8.99. The third-order valence-corrected chi connectivity index (χ3v) is 4.51. The first-order valence-corrected chi connectivity index (χ1v) is 7.45. The molecule has 0 fully saturated rings. The Morgan fingerprint density at radius 1 is 1.25 bits per heavy atom. The zero-order valence-corrected chi connectivity index (χ0v) is 11.7. The number of benzene rings is 1. The molecule has 0 saturated carbocycles. The number of aromatic nitrogens is 3. The van der Waals surface area contributed by atoms with Crippen LogP contribution < -0.4 is 0 Å². The smallest absolute Gasteiger partial charge is 0.196 e. The number of nitrogens with zero attached hydrogens (tertiary/aromatic N) is 3. The molecule has 0 saturated heterocycles. The molecule has 0 radical (unpaired) electrons. The van der Waals surface area contributed by atoms with Gasteiger partial charge in [0.05, 0.1) is 4.90 Å². The fourth-order valence-electron chi connectivity index (χ4n) is 2.35. The fraction of sp³-hybridized carbons (Fsp3) is 0.357. The van der Waals surface area contributed by atoms with Crippen LogP contribution in [0.4, 0.5) is 4.39 Å². The highest BCUT2D eigenvalue weighted by atomic mass is 32.2. The summed E-state index contributed by atoms with van der Waals surface area (Å²) in [7, 11) is 0. The summed E-state index contributed by atoms with van der Waals surface area (Å²) in [6.07, 6.45) is 4.95. The molecule has 1 aromatic heterocycles. The zero-order valence-electron chi connectivity index (χ0n) is 10.9. The number of hydrogen-bond donors (Lipinski definition) is 0. The van der Waals surface area contributed by atoms with E-state index in [-0.39, 0.29) is 0 Å². The van der Waals surface area contributed by atoms with Crippen molar-refractivity contribution in [1.29, 1.82) is 0 Å². The van der Waals surface area contributed by atoms with Gasteiger partial charge in [-0.15, -0.1) is 10.2 Å². The minimum absolute atomic E-state index is 0.321. The van der Waals surface area contributed by atoms with Gasteiger partial charge in [0.2, 0.25) is 0 Å². The molecular formula is C14H14FN3OS. The number of hydrogen-bond acceptors (Lipinski definition) is 4. The van der Waals surface area contributed by atoms with Gasteiger partial charge >= 0.3 is 0 Å². The van der Waals surface area contributed by atoms with Crippen LogP contribution in [0, 0.1) is 5.82 Å². The molecule has 0 spiro atoms. The maximum atomic E-state index is 13.9. The standard InChI is InChI=1S/C14H14FN3OS/c15-11-6-4-5-10(9-19)13(11)20-14-17-16-12-7-2-1-3-8-18(12)14/h4-6,9H,1-3,7-8H2. The molecular weight excluding hydrogens is 277 g/mol. The topological polar surface area (TPSA) is 47.8 Å². The van der Waals surface area contributed by atoms with E-state index >= 15 is 0 Å². The normalized spacial score (nSPS) is 14.7. The molecule has 0 atom stereocenters. The van der Waals surface area contributed by atoms with Gasteiger partial charge in [-0.05, 0) is 30.7 Å². The summed E-state index contributed by atoms with van der Waals surface area (Å²) in [5.74, 6) is 0.555. The van der Waals surface area contributed by atoms with E-state index in [4.69, 9.17) is 0 Å². The molecule has 104 valence electrons. The van der Waals surface area contributed by atoms with E-state index in [1.807, 2.05) is 4.57 Å². The van der Waals surface area contributed by atoms with Gasteiger partial charge in [0, 0.05) is 18.5 Å². The van der Waals surface area contributed by atoms with Crippen molar-refractivity contribution >= 4 is 18.0 Å². The Balaban J connectivity index is 1.96. The van der Waals surface area contributed by atoms with Crippen LogP contribution in [0.15, 0.2) is 28.3 Å². The van der Waals surface area contributed by atoms with E-state index in [9.17, 15) is 9.18 Å². The molecule has 20 heavy (non-hydrogen) atoms. The van der Waals surface area contributed by atoms with E-state index in [1.54, 1.807) is 6.07 Å². The van der Waals surface area contributed by atoms with Crippen LogP contribution in [0.2, 0.25) is 0 Å². The summed E-state index contributed by atoms with van der Waals surface area (Å²) >= 11 is 1.18. The van der Waals surface area contributed by atoms with Gasteiger partial charge in [0.1, 0.15) is 11.6 Å². The SMILES string of the molecule is O=Cc1cccc(F)c1Sc1nnc2n1CCCCC2. The quantitative estimate of drug-likeness (QED) is 0.815. The Labute approximate surface area is 120 Å². The molecule has 0 aliphatic carbocycles. The number of aldehydes is 1. The molecule has 6 heteroatoms. The van der Waals surface area contributed by atoms with Gasteiger partial charge in [-0.25, -0.2) is 4.39 Å². The van der Waals surface area contributed by atoms with Crippen molar-refractivity contribution in [2.75, 3.05) is 0 Å². The molecule has 4 nitrogen and oxygen atoms in total. The van der Waals surface area contributed by atoms with Crippen molar-refractivity contribution in [2.24, 2.45) is 0 Å². The summed E-state index contributed by atoms with van der Waals surface area (Å²) < 4.78 is 15.9. The number of carbonyl (C=O) groups is 1. The second-order valence-corrected chi connectivity index (χ2v) is 5.72. The van der Waals surface area contributed by atoms with E-state index in [2.05, 4.69) is 10.2 Å². The first-order chi connectivity index (χ1) is 9.79. The second kappa shape index (κ2) is 5.75. The minimum atomic E-state index is -0.398. The summed E-state index contributed by atoms with van der Waals surface area (Å²) in [6, 6.07) is 4.50. The first-order valence-electron chi connectivity index (χ1n) is 6.63. The molecule has 1 aromatic carbocycles. The second-order valence-electron chi connectivity index (χ2n) is 4.74. The van der Waals surface area contributed by atoms with Crippen LogP contribution in [0.25, 0.3) is 0 Å². The molecule has 0 N–H and O–H groups in total. The average molecular weight is 291 g/mol. The van der Waals surface area contributed by atoms with Crippen molar-refractivity contribution in [3.8, 4) is 0 Å². The lowest BCUT2D eigenvalue weighted by molar-refractivity contribution is 0.112. The van der Waals surface area contributed by atoms with E-state index in [0.29, 0.717) is 21.9 Å². The predicted molar refractivity (Wildman–Crippen MR) is 73.5 cm³/mol. The molecule has 0 unspecified atom stereocenters. The molecule has 0 amide bonds. The highest BCUT2D eigenvalue weighted by molar-refractivity contribution is 7.99. The van der Waals surface area contributed by atoms with Gasteiger partial charge < -0.3 is 4.57 Å². The number of carbonyl (C=O) groups excluding carboxylic acids is 1. The van der Waals surface area contributed by atoms with Crippen LogP contribution in [0.5, 0.6) is 0 Å². The molecule has 3 rings (SSSR count). The molecule has 0 bridgehead atoms. The van der Waals surface area contributed by atoms with Gasteiger partial charge in [-0.2, -0.15) is 0 Å². The lowest BCUT2D eigenvalue weighted by Crippen LogP contribution is -2.02. The minimum Gasteiger partial charge on any atom is -0.306 e. The van der Waals surface area contributed by atoms with Crippen molar-refractivity contribution in [3.63, 3.8) is 0 Å². The third kappa shape index (κ3) is 2.47. The predicted octanol–water partition coefficient (Wildman–Crippen LogP) is 3.11.